The van der Waals surface area contributed by atoms with Crippen molar-refractivity contribution in [2.75, 3.05) is 0 Å². The highest BCUT2D eigenvalue weighted by molar-refractivity contribution is 6.30. The number of rotatable bonds is 2. The van der Waals surface area contributed by atoms with E-state index in [1.807, 2.05) is 54.6 Å². The molecule has 19 heavy (non-hydrogen) atoms. The number of hydrogen-bond acceptors (Lipinski definition) is 0. The van der Waals surface area contributed by atoms with Crippen LogP contribution >= 0.6 is 11.6 Å². The zero-order valence-corrected chi connectivity index (χ0v) is 11.1. The van der Waals surface area contributed by atoms with E-state index in [-0.39, 0.29) is 0 Å². The van der Waals surface area contributed by atoms with Gasteiger partial charge in [0.2, 0.25) is 0 Å². The molecule has 0 spiro atoms. The summed E-state index contributed by atoms with van der Waals surface area (Å²) in [5.74, 6) is 0. The highest BCUT2D eigenvalue weighted by Crippen LogP contribution is 2.31. The second-order valence-electron chi connectivity index (χ2n) is 4.33. The molecule has 91 valence electrons. The van der Waals surface area contributed by atoms with Crippen molar-refractivity contribution in [3.8, 4) is 22.3 Å². The molecule has 0 heterocycles. The first-order chi connectivity index (χ1) is 9.34. The number of benzene rings is 3. The molecule has 0 saturated heterocycles. The molecule has 0 saturated carbocycles. The van der Waals surface area contributed by atoms with Crippen molar-refractivity contribution in [3.05, 3.63) is 83.9 Å². The molecule has 0 amide bonds. The molecule has 0 aliphatic heterocycles. The van der Waals surface area contributed by atoms with E-state index >= 15 is 0 Å². The van der Waals surface area contributed by atoms with Crippen molar-refractivity contribution >= 4 is 11.6 Å². The normalized spacial score (nSPS) is 10.4. The topological polar surface area (TPSA) is 0 Å². The molecular formula is C18H12Cl. The van der Waals surface area contributed by atoms with Crippen molar-refractivity contribution in [1.82, 2.24) is 0 Å². The van der Waals surface area contributed by atoms with Crippen LogP contribution in [0.1, 0.15) is 0 Å². The van der Waals surface area contributed by atoms with Crippen molar-refractivity contribution in [2.24, 2.45) is 0 Å². The van der Waals surface area contributed by atoms with Crippen LogP contribution < -0.4 is 0 Å². The van der Waals surface area contributed by atoms with Gasteiger partial charge >= 0.3 is 0 Å². The van der Waals surface area contributed by atoms with Crippen LogP contribution in [0.2, 0.25) is 5.02 Å². The summed E-state index contributed by atoms with van der Waals surface area (Å²) < 4.78 is 0. The summed E-state index contributed by atoms with van der Waals surface area (Å²) in [5.41, 5.74) is 4.61. The van der Waals surface area contributed by atoms with E-state index in [4.69, 9.17) is 11.6 Å². The summed E-state index contributed by atoms with van der Waals surface area (Å²) in [6, 6.07) is 27.6. The first-order valence-electron chi connectivity index (χ1n) is 6.17. The minimum atomic E-state index is 0.751. The van der Waals surface area contributed by atoms with Crippen molar-refractivity contribution in [1.29, 1.82) is 0 Å². The second-order valence-corrected chi connectivity index (χ2v) is 4.77. The van der Waals surface area contributed by atoms with E-state index in [0.29, 0.717) is 0 Å². The van der Waals surface area contributed by atoms with Gasteiger partial charge in [-0.3, -0.25) is 0 Å². The molecule has 1 radical (unpaired) electrons. The van der Waals surface area contributed by atoms with Gasteiger partial charge in [0.05, 0.1) is 0 Å². The Morgan fingerprint density at radius 3 is 2.16 bits per heavy atom. The van der Waals surface area contributed by atoms with E-state index in [1.165, 1.54) is 11.1 Å². The molecule has 0 atom stereocenters. The van der Waals surface area contributed by atoms with Gasteiger partial charge in [-0.15, -0.1) is 0 Å². The lowest BCUT2D eigenvalue weighted by Crippen LogP contribution is -1.84. The highest BCUT2D eigenvalue weighted by atomic mass is 35.5. The highest BCUT2D eigenvalue weighted by Gasteiger charge is 2.06. The molecule has 0 unspecified atom stereocenters. The average molecular weight is 264 g/mol. The lowest BCUT2D eigenvalue weighted by atomic mass is 9.95. The van der Waals surface area contributed by atoms with Crippen LogP contribution in [0.3, 0.4) is 0 Å². The fourth-order valence-corrected chi connectivity index (χ4v) is 2.28. The van der Waals surface area contributed by atoms with Crippen LogP contribution in [-0.4, -0.2) is 0 Å². The van der Waals surface area contributed by atoms with Crippen molar-refractivity contribution in [3.63, 3.8) is 0 Å². The first-order valence-corrected chi connectivity index (χ1v) is 6.54. The second kappa shape index (κ2) is 5.29. The fraction of sp³-hybridized carbons (Fsp3) is 0. The first kappa shape index (κ1) is 12.0. The van der Waals surface area contributed by atoms with Gasteiger partial charge in [0.25, 0.3) is 0 Å². The Kier molecular flexibility index (Phi) is 3.35. The molecule has 0 aliphatic carbocycles. The Hall–Kier alpha value is -2.05. The maximum absolute atomic E-state index is 5.95. The molecule has 3 rings (SSSR count). The molecule has 3 aromatic carbocycles. The number of halogens is 1. The van der Waals surface area contributed by atoms with Gasteiger partial charge in [-0.25, -0.2) is 0 Å². The molecule has 0 bridgehead atoms. The van der Waals surface area contributed by atoms with E-state index in [9.17, 15) is 0 Å². The largest absolute Gasteiger partial charge is 0.0843 e. The van der Waals surface area contributed by atoms with Crippen LogP contribution in [0, 0.1) is 6.07 Å². The van der Waals surface area contributed by atoms with Crippen LogP contribution in [-0.2, 0) is 0 Å². The summed E-state index contributed by atoms with van der Waals surface area (Å²) in [7, 11) is 0. The predicted molar refractivity (Wildman–Crippen MR) is 81.2 cm³/mol. The monoisotopic (exact) mass is 263 g/mol. The third-order valence-electron chi connectivity index (χ3n) is 3.07. The SMILES string of the molecule is Clc1ccc(-c2[c]cccc2-c2ccccc2)cc1. The van der Waals surface area contributed by atoms with Gasteiger partial charge in [-0.2, -0.15) is 0 Å². The maximum atomic E-state index is 5.95. The Labute approximate surface area is 118 Å². The zero-order valence-electron chi connectivity index (χ0n) is 10.3. The Morgan fingerprint density at radius 2 is 1.42 bits per heavy atom. The van der Waals surface area contributed by atoms with Gasteiger partial charge < -0.3 is 0 Å². The van der Waals surface area contributed by atoms with Gasteiger partial charge in [0, 0.05) is 5.02 Å². The van der Waals surface area contributed by atoms with Gasteiger partial charge in [-0.05, 0) is 40.5 Å². The summed E-state index contributed by atoms with van der Waals surface area (Å²) in [6.07, 6.45) is 0. The minimum absolute atomic E-state index is 0.751. The lowest BCUT2D eigenvalue weighted by Gasteiger charge is -2.09. The van der Waals surface area contributed by atoms with Crippen LogP contribution in [0.5, 0.6) is 0 Å². The summed E-state index contributed by atoms with van der Waals surface area (Å²) in [6.45, 7) is 0. The van der Waals surface area contributed by atoms with Gasteiger partial charge in [0.15, 0.2) is 0 Å². The smallest absolute Gasteiger partial charge is 0.0406 e. The van der Waals surface area contributed by atoms with Gasteiger partial charge in [0.1, 0.15) is 0 Å². The standard InChI is InChI=1S/C18H12Cl/c19-16-12-10-15(11-13-16)18-9-5-4-8-17(18)14-6-2-1-3-7-14/h1-8,10-13H. The van der Waals surface area contributed by atoms with Crippen molar-refractivity contribution in [2.45, 2.75) is 0 Å². The molecule has 1 heteroatoms. The maximum Gasteiger partial charge on any atom is 0.0406 e. The molecular weight excluding hydrogens is 252 g/mol. The molecule has 0 fully saturated rings. The van der Waals surface area contributed by atoms with Crippen LogP contribution in [0.25, 0.3) is 22.3 Å². The zero-order chi connectivity index (χ0) is 13.1. The lowest BCUT2D eigenvalue weighted by molar-refractivity contribution is 1.57. The van der Waals surface area contributed by atoms with E-state index in [0.717, 1.165) is 16.1 Å². The summed E-state index contributed by atoms with van der Waals surface area (Å²) >= 11 is 5.95. The summed E-state index contributed by atoms with van der Waals surface area (Å²) in [5, 5.41) is 0.751. The predicted octanol–water partition coefficient (Wildman–Crippen LogP) is 5.47. The summed E-state index contributed by atoms with van der Waals surface area (Å²) in [4.78, 5) is 0. The Bertz CT molecular complexity index is 670. The Morgan fingerprint density at radius 1 is 0.684 bits per heavy atom. The molecule has 0 N–H and O–H groups in total. The van der Waals surface area contributed by atoms with E-state index in [1.54, 1.807) is 0 Å². The van der Waals surface area contributed by atoms with Gasteiger partial charge in [-0.1, -0.05) is 72.3 Å². The average Bonchev–Trinajstić information content (AvgIpc) is 2.49. The molecule has 0 nitrogen and oxygen atoms in total. The minimum Gasteiger partial charge on any atom is -0.0843 e. The Balaban J connectivity index is 2.15. The molecule has 3 aromatic rings. The van der Waals surface area contributed by atoms with E-state index < -0.39 is 0 Å². The molecule has 0 aromatic heterocycles. The number of hydrogen-bond donors (Lipinski definition) is 0. The fourth-order valence-electron chi connectivity index (χ4n) is 2.15. The third kappa shape index (κ3) is 2.54. The third-order valence-corrected chi connectivity index (χ3v) is 3.33. The van der Waals surface area contributed by atoms with Crippen LogP contribution in [0.15, 0.2) is 72.8 Å². The van der Waals surface area contributed by atoms with Crippen molar-refractivity contribution < 1.29 is 0 Å². The van der Waals surface area contributed by atoms with Crippen LogP contribution in [0.4, 0.5) is 0 Å². The van der Waals surface area contributed by atoms with E-state index in [2.05, 4.69) is 24.3 Å². The molecule has 0 aliphatic rings. The quantitative estimate of drug-likeness (QED) is 0.575.